The van der Waals surface area contributed by atoms with Crippen LogP contribution in [0, 0.1) is 0 Å². The molecule has 8 nitrogen and oxygen atoms in total. The molecule has 30 heavy (non-hydrogen) atoms. The molecule has 2 N–H and O–H groups in total. The van der Waals surface area contributed by atoms with Crippen molar-refractivity contribution in [1.82, 2.24) is 25.0 Å². The quantitative estimate of drug-likeness (QED) is 0.602. The van der Waals surface area contributed by atoms with Crippen LogP contribution in [0.15, 0.2) is 24.3 Å². The van der Waals surface area contributed by atoms with E-state index in [0.29, 0.717) is 38.3 Å². The van der Waals surface area contributed by atoms with Crippen LogP contribution in [0.3, 0.4) is 0 Å². The highest BCUT2D eigenvalue weighted by atomic mass is 35.5. The van der Waals surface area contributed by atoms with Gasteiger partial charge in [0.05, 0.1) is 5.54 Å². The summed E-state index contributed by atoms with van der Waals surface area (Å²) in [7, 11) is 3.88. The van der Waals surface area contributed by atoms with Gasteiger partial charge in [-0.3, -0.25) is 14.9 Å². The minimum absolute atomic E-state index is 0.263. The molecule has 0 aliphatic heterocycles. The maximum Gasteiger partial charge on any atom is 0.273 e. The van der Waals surface area contributed by atoms with Crippen molar-refractivity contribution < 1.29 is 9.59 Å². The lowest BCUT2D eigenvalue weighted by molar-refractivity contribution is 0.0945. The molecule has 1 aromatic carbocycles. The molecule has 0 atom stereocenters. The molecule has 0 unspecified atom stereocenters. The summed E-state index contributed by atoms with van der Waals surface area (Å²) in [5.41, 5.74) is 0.912. The Kier molecular flexibility index (Phi) is 6.44. The molecule has 0 aliphatic carbocycles. The summed E-state index contributed by atoms with van der Waals surface area (Å²) in [6.45, 7) is 7.18. The van der Waals surface area contributed by atoms with E-state index < -0.39 is 0 Å². The standard InChI is InChI=1S/C20H25ClN6O2S/c1-20(2,3)27-16-15(14(25-27)18(29)22-9-10-26(4)5)30-19(23-16)24-17(28)12-7-6-8-13(21)11-12/h6-8,11H,9-10H2,1-5H3,(H,22,29)(H,23,24,28). The van der Waals surface area contributed by atoms with Crippen molar-refractivity contribution in [1.29, 1.82) is 0 Å². The van der Waals surface area contributed by atoms with Gasteiger partial charge in [0, 0.05) is 23.7 Å². The minimum atomic E-state index is -0.386. The van der Waals surface area contributed by atoms with Crippen LogP contribution in [0.25, 0.3) is 10.3 Å². The SMILES string of the molecule is CN(C)CCNC(=O)c1nn(C(C)(C)C)c2nc(NC(=O)c3cccc(Cl)c3)sc12. The number of rotatable bonds is 6. The summed E-state index contributed by atoms with van der Waals surface area (Å²) in [6.07, 6.45) is 0. The first-order chi connectivity index (χ1) is 14.1. The molecule has 0 bridgehead atoms. The Morgan fingerprint density at radius 3 is 2.60 bits per heavy atom. The van der Waals surface area contributed by atoms with E-state index in [1.54, 1.807) is 28.9 Å². The normalized spacial score (nSPS) is 11.8. The fourth-order valence-electron chi connectivity index (χ4n) is 2.75. The first-order valence-corrected chi connectivity index (χ1v) is 10.7. The number of nitrogens with one attached hydrogen (secondary N) is 2. The number of nitrogens with zero attached hydrogens (tertiary/aromatic N) is 4. The molecule has 10 heteroatoms. The third-order valence-electron chi connectivity index (χ3n) is 4.23. The summed E-state index contributed by atoms with van der Waals surface area (Å²) in [4.78, 5) is 31.8. The van der Waals surface area contributed by atoms with Gasteiger partial charge >= 0.3 is 0 Å². The highest BCUT2D eigenvalue weighted by molar-refractivity contribution is 7.22. The van der Waals surface area contributed by atoms with Gasteiger partial charge in [-0.1, -0.05) is 29.0 Å². The number of hydrogen-bond acceptors (Lipinski definition) is 6. The lowest BCUT2D eigenvalue weighted by Gasteiger charge is -2.19. The average molecular weight is 449 g/mol. The van der Waals surface area contributed by atoms with Crippen LogP contribution < -0.4 is 10.6 Å². The largest absolute Gasteiger partial charge is 0.349 e. The molecular formula is C20H25ClN6O2S. The summed E-state index contributed by atoms with van der Waals surface area (Å²) in [5.74, 6) is -0.581. The Hall–Kier alpha value is -2.49. The summed E-state index contributed by atoms with van der Waals surface area (Å²) in [6, 6.07) is 6.68. The smallest absolute Gasteiger partial charge is 0.273 e. The molecule has 0 radical (unpaired) electrons. The fraction of sp³-hybridized carbons (Fsp3) is 0.400. The van der Waals surface area contributed by atoms with E-state index in [0.717, 1.165) is 6.54 Å². The molecule has 2 heterocycles. The van der Waals surface area contributed by atoms with Gasteiger partial charge in [-0.15, -0.1) is 0 Å². The van der Waals surface area contributed by atoms with Crippen molar-refractivity contribution in [2.75, 3.05) is 32.5 Å². The van der Waals surface area contributed by atoms with Crippen LogP contribution in [-0.4, -0.2) is 58.7 Å². The van der Waals surface area contributed by atoms with Crippen molar-refractivity contribution in [3.8, 4) is 0 Å². The first-order valence-electron chi connectivity index (χ1n) is 9.46. The fourth-order valence-corrected chi connectivity index (χ4v) is 3.86. The predicted octanol–water partition coefficient (Wildman–Crippen LogP) is 3.44. The van der Waals surface area contributed by atoms with Crippen LogP contribution >= 0.6 is 22.9 Å². The second kappa shape index (κ2) is 8.71. The topological polar surface area (TPSA) is 92.2 Å². The van der Waals surface area contributed by atoms with Gasteiger partial charge in [-0.05, 0) is 53.1 Å². The molecule has 0 aliphatic rings. The number of halogens is 1. The third kappa shape index (κ3) is 4.97. The van der Waals surface area contributed by atoms with Gasteiger partial charge in [-0.25, -0.2) is 4.68 Å². The van der Waals surface area contributed by atoms with Crippen molar-refractivity contribution in [3.63, 3.8) is 0 Å². The van der Waals surface area contributed by atoms with Gasteiger partial charge < -0.3 is 10.2 Å². The van der Waals surface area contributed by atoms with Crippen molar-refractivity contribution in [2.45, 2.75) is 26.3 Å². The number of carbonyl (C=O) groups is 2. The molecule has 2 amide bonds. The molecule has 2 aromatic heterocycles. The average Bonchev–Trinajstić information content (AvgIpc) is 3.19. The second-order valence-corrected chi connectivity index (χ2v) is 9.56. The van der Waals surface area contributed by atoms with Crippen molar-refractivity contribution in [3.05, 3.63) is 40.5 Å². The highest BCUT2D eigenvalue weighted by Crippen LogP contribution is 2.32. The summed E-state index contributed by atoms with van der Waals surface area (Å²) >= 11 is 7.20. The lowest BCUT2D eigenvalue weighted by Crippen LogP contribution is -2.32. The van der Waals surface area contributed by atoms with E-state index in [2.05, 4.69) is 20.7 Å². The number of thiazole rings is 1. The van der Waals surface area contributed by atoms with Gasteiger partial charge in [0.1, 0.15) is 4.70 Å². The number of aromatic nitrogens is 3. The van der Waals surface area contributed by atoms with E-state index in [1.165, 1.54) is 11.3 Å². The molecule has 0 spiro atoms. The summed E-state index contributed by atoms with van der Waals surface area (Å²) in [5, 5.41) is 11.1. The first kappa shape index (κ1) is 22.2. The van der Waals surface area contributed by atoms with E-state index in [-0.39, 0.29) is 17.4 Å². The Bertz CT molecular complexity index is 1080. The number of amides is 2. The molecule has 3 aromatic rings. The maximum absolute atomic E-state index is 12.7. The number of benzene rings is 1. The highest BCUT2D eigenvalue weighted by Gasteiger charge is 2.27. The molecule has 160 valence electrons. The van der Waals surface area contributed by atoms with Crippen LogP contribution in [0.1, 0.15) is 41.6 Å². The predicted molar refractivity (Wildman–Crippen MR) is 121 cm³/mol. The summed E-state index contributed by atoms with van der Waals surface area (Å²) < 4.78 is 2.35. The number of likely N-dealkylation sites (N-methyl/N-ethyl adjacent to an activating group) is 1. The van der Waals surface area contributed by atoms with Crippen molar-refractivity contribution >= 4 is 50.2 Å². The molecule has 0 fully saturated rings. The third-order valence-corrected chi connectivity index (χ3v) is 5.43. The van der Waals surface area contributed by atoms with E-state index >= 15 is 0 Å². The van der Waals surface area contributed by atoms with Gasteiger partial charge in [0.15, 0.2) is 16.5 Å². The number of fused-ring (bicyclic) bond motifs is 1. The van der Waals surface area contributed by atoms with Crippen LogP contribution in [-0.2, 0) is 5.54 Å². The van der Waals surface area contributed by atoms with Crippen LogP contribution in [0.5, 0.6) is 0 Å². The second-order valence-electron chi connectivity index (χ2n) is 8.13. The Labute approximate surface area is 184 Å². The Morgan fingerprint density at radius 1 is 1.23 bits per heavy atom. The van der Waals surface area contributed by atoms with Gasteiger partial charge in [-0.2, -0.15) is 10.1 Å². The van der Waals surface area contributed by atoms with E-state index in [9.17, 15) is 9.59 Å². The zero-order chi connectivity index (χ0) is 22.1. The Balaban J connectivity index is 1.92. The molecular weight excluding hydrogens is 424 g/mol. The molecule has 3 rings (SSSR count). The minimum Gasteiger partial charge on any atom is -0.349 e. The Morgan fingerprint density at radius 2 is 1.97 bits per heavy atom. The molecule has 0 saturated carbocycles. The maximum atomic E-state index is 12.7. The zero-order valence-corrected chi connectivity index (χ0v) is 19.2. The van der Waals surface area contributed by atoms with Crippen LogP contribution in [0.2, 0.25) is 5.02 Å². The van der Waals surface area contributed by atoms with Gasteiger partial charge in [0.2, 0.25) is 0 Å². The van der Waals surface area contributed by atoms with E-state index in [4.69, 9.17) is 11.6 Å². The zero-order valence-electron chi connectivity index (χ0n) is 17.6. The number of hydrogen-bond donors (Lipinski definition) is 2. The molecule has 0 saturated heterocycles. The van der Waals surface area contributed by atoms with Gasteiger partial charge in [0.25, 0.3) is 11.8 Å². The lowest BCUT2D eigenvalue weighted by atomic mass is 10.1. The van der Waals surface area contributed by atoms with E-state index in [1.807, 2.05) is 39.8 Å². The van der Waals surface area contributed by atoms with Crippen LogP contribution in [0.4, 0.5) is 5.13 Å². The number of anilines is 1. The number of carbonyl (C=O) groups excluding carboxylic acids is 2. The monoisotopic (exact) mass is 448 g/mol. The van der Waals surface area contributed by atoms with Crippen molar-refractivity contribution in [2.24, 2.45) is 0 Å².